The fourth-order valence-electron chi connectivity index (χ4n) is 1.45. The van der Waals surface area contributed by atoms with Gasteiger partial charge in [0.1, 0.15) is 12.2 Å². The number of hydrogen-bond donors (Lipinski definition) is 1. The second-order valence-corrected chi connectivity index (χ2v) is 2.88. The maximum Gasteiger partial charge on any atom is 0.137 e. The van der Waals surface area contributed by atoms with Crippen molar-refractivity contribution in [1.82, 2.24) is 5.32 Å². The monoisotopic (exact) mass is 152 g/mol. The first-order valence-electron chi connectivity index (χ1n) is 3.94. The Hall–Kier alpha value is -0.880. The Morgan fingerprint density at radius 2 is 2.18 bits per heavy atom. The number of hydrogen-bond acceptors (Lipinski definition) is 3. The lowest BCUT2D eigenvalue weighted by atomic mass is 9.87. The Kier molecular flexibility index (Phi) is 3.06. The van der Waals surface area contributed by atoms with Gasteiger partial charge in [0.15, 0.2) is 0 Å². The number of nitrogens with zero attached hydrogens (tertiary/aromatic N) is 1. The van der Waals surface area contributed by atoms with Crippen molar-refractivity contribution in [2.75, 3.05) is 13.1 Å². The van der Waals surface area contributed by atoms with Gasteiger partial charge in [-0.1, -0.05) is 0 Å². The molecule has 3 heteroatoms. The van der Waals surface area contributed by atoms with E-state index in [9.17, 15) is 4.79 Å². The van der Waals surface area contributed by atoms with E-state index in [2.05, 4.69) is 5.32 Å². The molecule has 0 bridgehead atoms. The molecule has 0 radical (unpaired) electrons. The average molecular weight is 152 g/mol. The van der Waals surface area contributed by atoms with E-state index in [4.69, 9.17) is 5.26 Å². The van der Waals surface area contributed by atoms with Crippen LogP contribution in [0.15, 0.2) is 0 Å². The third-order valence-electron chi connectivity index (χ3n) is 2.19. The van der Waals surface area contributed by atoms with Crippen LogP contribution in [0.4, 0.5) is 0 Å². The van der Waals surface area contributed by atoms with Crippen LogP contribution in [0.3, 0.4) is 0 Å². The molecule has 0 aromatic heterocycles. The molecule has 1 fully saturated rings. The molecule has 0 aromatic carbocycles. The van der Waals surface area contributed by atoms with Crippen molar-refractivity contribution >= 4 is 6.29 Å². The lowest BCUT2D eigenvalue weighted by molar-refractivity contribution is -0.111. The minimum atomic E-state index is -0.378. The van der Waals surface area contributed by atoms with Gasteiger partial charge in [-0.05, 0) is 31.8 Å². The lowest BCUT2D eigenvalue weighted by Crippen LogP contribution is -2.31. The van der Waals surface area contributed by atoms with E-state index in [1.54, 1.807) is 0 Å². The zero-order chi connectivity index (χ0) is 8.10. The highest BCUT2D eigenvalue weighted by Gasteiger charge is 2.22. The summed E-state index contributed by atoms with van der Waals surface area (Å²) >= 11 is 0. The number of piperidine rings is 1. The highest BCUT2D eigenvalue weighted by Crippen LogP contribution is 2.19. The van der Waals surface area contributed by atoms with E-state index in [0.717, 1.165) is 32.2 Å². The Balaban J connectivity index is 2.44. The molecule has 0 aromatic rings. The zero-order valence-corrected chi connectivity index (χ0v) is 6.42. The highest BCUT2D eigenvalue weighted by molar-refractivity contribution is 5.58. The maximum absolute atomic E-state index is 10.4. The van der Waals surface area contributed by atoms with E-state index in [1.807, 2.05) is 6.07 Å². The first kappa shape index (κ1) is 8.22. The van der Waals surface area contributed by atoms with Crippen LogP contribution in [-0.2, 0) is 4.79 Å². The Bertz CT molecular complexity index is 167. The van der Waals surface area contributed by atoms with Crippen LogP contribution in [0, 0.1) is 23.2 Å². The smallest absolute Gasteiger partial charge is 0.137 e. The van der Waals surface area contributed by atoms with Crippen molar-refractivity contribution in [1.29, 1.82) is 5.26 Å². The van der Waals surface area contributed by atoms with Crippen LogP contribution < -0.4 is 5.32 Å². The number of aldehydes is 1. The average Bonchev–Trinajstić information content (AvgIpc) is 2.09. The minimum absolute atomic E-state index is 0.291. The molecular weight excluding hydrogens is 140 g/mol. The van der Waals surface area contributed by atoms with E-state index >= 15 is 0 Å². The van der Waals surface area contributed by atoms with Crippen molar-refractivity contribution in [2.45, 2.75) is 12.8 Å². The number of rotatable bonds is 2. The predicted octanol–water partition coefficient (Wildman–Crippen LogP) is 0.325. The SMILES string of the molecule is N#CC(C=O)C1CCNCC1. The van der Waals surface area contributed by atoms with Crippen LogP contribution in [0.5, 0.6) is 0 Å². The molecule has 1 rings (SSSR count). The van der Waals surface area contributed by atoms with Crippen molar-refractivity contribution < 1.29 is 4.79 Å². The van der Waals surface area contributed by atoms with Gasteiger partial charge >= 0.3 is 0 Å². The molecule has 3 nitrogen and oxygen atoms in total. The lowest BCUT2D eigenvalue weighted by Gasteiger charge is -2.23. The molecule has 0 amide bonds. The summed E-state index contributed by atoms with van der Waals surface area (Å²) in [5.41, 5.74) is 0. The van der Waals surface area contributed by atoms with E-state index in [0.29, 0.717) is 5.92 Å². The van der Waals surface area contributed by atoms with Crippen LogP contribution in [0.2, 0.25) is 0 Å². The molecule has 1 saturated heterocycles. The van der Waals surface area contributed by atoms with Gasteiger partial charge in [-0.2, -0.15) is 5.26 Å². The van der Waals surface area contributed by atoms with Gasteiger partial charge in [0.25, 0.3) is 0 Å². The summed E-state index contributed by atoms with van der Waals surface area (Å²) < 4.78 is 0. The summed E-state index contributed by atoms with van der Waals surface area (Å²) in [6.07, 6.45) is 2.68. The summed E-state index contributed by atoms with van der Waals surface area (Å²) in [6.45, 7) is 1.88. The summed E-state index contributed by atoms with van der Waals surface area (Å²) in [4.78, 5) is 10.4. The fraction of sp³-hybridized carbons (Fsp3) is 0.750. The normalized spacial score (nSPS) is 22.1. The molecular formula is C8H12N2O. The fourth-order valence-corrected chi connectivity index (χ4v) is 1.45. The van der Waals surface area contributed by atoms with E-state index in [1.165, 1.54) is 0 Å². The topological polar surface area (TPSA) is 52.9 Å². The van der Waals surface area contributed by atoms with Gasteiger partial charge in [0.2, 0.25) is 0 Å². The second-order valence-electron chi connectivity index (χ2n) is 2.88. The first-order chi connectivity index (χ1) is 5.38. The molecule has 1 atom stereocenters. The molecule has 1 heterocycles. The molecule has 1 aliphatic rings. The van der Waals surface area contributed by atoms with Gasteiger partial charge in [-0.3, -0.25) is 0 Å². The molecule has 0 spiro atoms. The quantitative estimate of drug-likeness (QED) is 0.580. The summed E-state index contributed by atoms with van der Waals surface area (Å²) in [7, 11) is 0. The molecule has 1 unspecified atom stereocenters. The third-order valence-corrected chi connectivity index (χ3v) is 2.19. The van der Waals surface area contributed by atoms with Gasteiger partial charge in [-0.25, -0.2) is 0 Å². The van der Waals surface area contributed by atoms with Gasteiger partial charge < -0.3 is 10.1 Å². The van der Waals surface area contributed by atoms with Crippen LogP contribution in [-0.4, -0.2) is 19.4 Å². The van der Waals surface area contributed by atoms with E-state index < -0.39 is 0 Å². The number of nitrogens with one attached hydrogen (secondary N) is 1. The van der Waals surface area contributed by atoms with Gasteiger partial charge in [0.05, 0.1) is 6.07 Å². The van der Waals surface area contributed by atoms with Crippen molar-refractivity contribution in [3.63, 3.8) is 0 Å². The van der Waals surface area contributed by atoms with Crippen LogP contribution in [0.1, 0.15) is 12.8 Å². The molecule has 0 saturated carbocycles. The van der Waals surface area contributed by atoms with Gasteiger partial charge in [0, 0.05) is 0 Å². The Morgan fingerprint density at radius 1 is 1.55 bits per heavy atom. The highest BCUT2D eigenvalue weighted by atomic mass is 16.1. The van der Waals surface area contributed by atoms with Crippen molar-refractivity contribution in [2.24, 2.45) is 11.8 Å². The zero-order valence-electron chi connectivity index (χ0n) is 6.42. The second kappa shape index (κ2) is 4.09. The van der Waals surface area contributed by atoms with Crippen LogP contribution in [0.25, 0.3) is 0 Å². The van der Waals surface area contributed by atoms with Crippen molar-refractivity contribution in [3.8, 4) is 6.07 Å². The minimum Gasteiger partial charge on any atom is -0.317 e. The molecule has 11 heavy (non-hydrogen) atoms. The summed E-state index contributed by atoms with van der Waals surface area (Å²) in [6, 6.07) is 2.03. The maximum atomic E-state index is 10.4. The number of nitriles is 1. The summed E-state index contributed by atoms with van der Waals surface area (Å²) in [5, 5.41) is 11.8. The molecule has 1 N–H and O–H groups in total. The number of carbonyl (C=O) groups is 1. The Morgan fingerprint density at radius 3 is 2.64 bits per heavy atom. The molecule has 1 aliphatic heterocycles. The van der Waals surface area contributed by atoms with E-state index in [-0.39, 0.29) is 5.92 Å². The summed E-state index contributed by atoms with van der Waals surface area (Å²) in [5.74, 6) is -0.0872. The number of carbonyl (C=O) groups excluding carboxylic acids is 1. The molecule has 0 aliphatic carbocycles. The first-order valence-corrected chi connectivity index (χ1v) is 3.94. The van der Waals surface area contributed by atoms with Crippen LogP contribution >= 0.6 is 0 Å². The predicted molar refractivity (Wildman–Crippen MR) is 40.8 cm³/mol. The van der Waals surface area contributed by atoms with Crippen molar-refractivity contribution in [3.05, 3.63) is 0 Å². The Labute approximate surface area is 66.4 Å². The standard InChI is InChI=1S/C8H12N2O/c9-5-8(6-11)7-1-3-10-4-2-7/h6-8,10H,1-4H2. The molecule has 60 valence electrons. The third kappa shape index (κ3) is 2.02. The largest absolute Gasteiger partial charge is 0.317 e. The van der Waals surface area contributed by atoms with Gasteiger partial charge in [-0.15, -0.1) is 0 Å².